The second kappa shape index (κ2) is 10.2. The fourth-order valence-corrected chi connectivity index (χ4v) is 6.07. The molecule has 4 heterocycles. The number of nitrogens with zero attached hydrogens (tertiary/aromatic N) is 6. The Hall–Kier alpha value is -3.57. The molecule has 0 unspecified atom stereocenters. The molecule has 39 heavy (non-hydrogen) atoms. The van der Waals surface area contributed by atoms with Gasteiger partial charge < -0.3 is 4.90 Å². The molecule has 0 N–H and O–H groups in total. The number of hydrogen-bond acceptors (Lipinski definition) is 5. The Kier molecular flexibility index (Phi) is 6.72. The van der Waals surface area contributed by atoms with Crippen molar-refractivity contribution in [1.29, 1.82) is 0 Å². The Morgan fingerprint density at radius 1 is 1.10 bits per heavy atom. The van der Waals surface area contributed by atoms with Crippen molar-refractivity contribution in [2.75, 3.05) is 13.1 Å². The molecule has 12 heteroatoms. The molecular weight excluding hydrogens is 549 g/mol. The molecule has 2 aromatic carbocycles. The maximum absolute atomic E-state index is 13.5. The molecule has 0 radical (unpaired) electrons. The maximum atomic E-state index is 13.5. The van der Waals surface area contributed by atoms with E-state index in [2.05, 4.69) is 20.1 Å². The van der Waals surface area contributed by atoms with E-state index in [0.717, 1.165) is 42.9 Å². The average molecular weight is 571 g/mol. The molecule has 4 aromatic rings. The van der Waals surface area contributed by atoms with Crippen molar-refractivity contribution in [3.05, 3.63) is 87.7 Å². The first-order valence-corrected chi connectivity index (χ1v) is 13.5. The van der Waals surface area contributed by atoms with E-state index < -0.39 is 11.7 Å². The number of thioether (sulfide) groups is 1. The zero-order valence-electron chi connectivity index (χ0n) is 20.5. The number of piperidine rings is 1. The number of carbonyl (C=O) groups excluding carboxylic acids is 1. The lowest BCUT2D eigenvalue weighted by atomic mass is 10.1. The third kappa shape index (κ3) is 5.33. The third-order valence-corrected chi connectivity index (χ3v) is 8.18. The highest BCUT2D eigenvalue weighted by Crippen LogP contribution is 2.35. The van der Waals surface area contributed by atoms with E-state index in [4.69, 9.17) is 11.6 Å². The van der Waals surface area contributed by atoms with Gasteiger partial charge in [0.2, 0.25) is 0 Å². The highest BCUT2D eigenvalue weighted by Gasteiger charge is 2.34. The van der Waals surface area contributed by atoms with Crippen LogP contribution in [0.5, 0.6) is 0 Å². The molecular formula is C27H22ClF3N6OS. The summed E-state index contributed by atoms with van der Waals surface area (Å²) in [6.07, 6.45) is 4.48. The smallest absolute Gasteiger partial charge is 0.351 e. The van der Waals surface area contributed by atoms with Crippen molar-refractivity contribution in [3.8, 4) is 0 Å². The van der Waals surface area contributed by atoms with E-state index in [9.17, 15) is 18.0 Å². The monoisotopic (exact) mass is 570 g/mol. The Balaban J connectivity index is 1.16. The van der Waals surface area contributed by atoms with Gasteiger partial charge in [-0.3, -0.25) is 14.2 Å². The molecule has 2 aliphatic rings. The molecule has 1 saturated heterocycles. The van der Waals surface area contributed by atoms with Gasteiger partial charge in [-0.25, -0.2) is 0 Å². The van der Waals surface area contributed by atoms with Gasteiger partial charge in [0.1, 0.15) is 0 Å². The van der Waals surface area contributed by atoms with Gasteiger partial charge in [0.15, 0.2) is 5.17 Å². The minimum absolute atomic E-state index is 0.0271. The highest BCUT2D eigenvalue weighted by molar-refractivity contribution is 8.18. The van der Waals surface area contributed by atoms with Gasteiger partial charge in [-0.15, -0.1) is 0 Å². The van der Waals surface area contributed by atoms with Crippen LogP contribution >= 0.6 is 23.4 Å². The van der Waals surface area contributed by atoms with Crippen LogP contribution in [0.4, 0.5) is 13.2 Å². The second-order valence-corrected chi connectivity index (χ2v) is 10.9. The Morgan fingerprint density at radius 2 is 1.92 bits per heavy atom. The summed E-state index contributed by atoms with van der Waals surface area (Å²) in [4.78, 5) is 19.6. The Bertz CT molecular complexity index is 1600. The van der Waals surface area contributed by atoms with Crippen molar-refractivity contribution in [3.63, 3.8) is 0 Å². The summed E-state index contributed by atoms with van der Waals surface area (Å²) in [5.74, 6) is -0.276. The van der Waals surface area contributed by atoms with Gasteiger partial charge in [-0.2, -0.15) is 28.4 Å². The Morgan fingerprint density at radius 3 is 2.67 bits per heavy atom. The van der Waals surface area contributed by atoms with Crippen LogP contribution in [0.2, 0.25) is 5.02 Å². The number of halogens is 4. The Labute approximate surface area is 230 Å². The number of aromatic nitrogens is 4. The predicted octanol–water partition coefficient (Wildman–Crippen LogP) is 6.26. The SMILES string of the molecule is O=C1N=C(N2CCC(n3cccn3)CC2)S/C1=C\c1ccc2c(cnn2Cc2ccc(Cl)cc2C(F)(F)F)c1. The number of fused-ring (bicyclic) bond motifs is 1. The van der Waals surface area contributed by atoms with Gasteiger partial charge in [-0.05, 0) is 72.1 Å². The molecule has 1 amide bonds. The van der Waals surface area contributed by atoms with Gasteiger partial charge >= 0.3 is 6.18 Å². The molecule has 2 aliphatic heterocycles. The first-order valence-electron chi connectivity index (χ1n) is 12.3. The molecule has 200 valence electrons. The quantitative estimate of drug-likeness (QED) is 0.271. The molecule has 0 aliphatic carbocycles. The van der Waals surface area contributed by atoms with Gasteiger partial charge in [0, 0.05) is 35.9 Å². The lowest BCUT2D eigenvalue weighted by Gasteiger charge is -2.32. The number of amides is 1. The summed E-state index contributed by atoms with van der Waals surface area (Å²) in [5, 5.41) is 10.1. The first-order chi connectivity index (χ1) is 18.7. The van der Waals surface area contributed by atoms with Crippen LogP contribution in [-0.4, -0.2) is 48.6 Å². The van der Waals surface area contributed by atoms with Crippen LogP contribution in [0, 0.1) is 0 Å². The lowest BCUT2D eigenvalue weighted by Crippen LogP contribution is -2.37. The molecule has 1 fully saturated rings. The van der Waals surface area contributed by atoms with Gasteiger partial charge in [0.25, 0.3) is 5.91 Å². The van der Waals surface area contributed by atoms with Crippen LogP contribution in [0.15, 0.2) is 71.0 Å². The van der Waals surface area contributed by atoms with Crippen molar-refractivity contribution >= 4 is 51.4 Å². The minimum atomic E-state index is -4.52. The highest BCUT2D eigenvalue weighted by atomic mass is 35.5. The van der Waals surface area contributed by atoms with E-state index in [1.807, 2.05) is 29.1 Å². The first kappa shape index (κ1) is 25.7. The number of alkyl halides is 3. The van der Waals surface area contributed by atoms with Crippen LogP contribution in [0.25, 0.3) is 17.0 Å². The number of benzene rings is 2. The summed E-state index contributed by atoms with van der Waals surface area (Å²) in [7, 11) is 0. The minimum Gasteiger partial charge on any atom is -0.351 e. The summed E-state index contributed by atoms with van der Waals surface area (Å²) >= 11 is 7.17. The summed E-state index contributed by atoms with van der Waals surface area (Å²) < 4.78 is 44.1. The van der Waals surface area contributed by atoms with E-state index in [1.165, 1.54) is 28.6 Å². The molecule has 0 saturated carbocycles. The van der Waals surface area contributed by atoms with Crippen molar-refractivity contribution in [1.82, 2.24) is 24.5 Å². The summed E-state index contributed by atoms with van der Waals surface area (Å²) in [5.41, 5.74) is 0.768. The molecule has 7 nitrogen and oxygen atoms in total. The fraction of sp³-hybridized carbons (Fsp3) is 0.259. The lowest BCUT2D eigenvalue weighted by molar-refractivity contribution is -0.138. The van der Waals surface area contributed by atoms with Crippen LogP contribution in [-0.2, 0) is 17.5 Å². The van der Waals surface area contributed by atoms with Crippen molar-refractivity contribution < 1.29 is 18.0 Å². The number of rotatable bonds is 4. The topological polar surface area (TPSA) is 68.3 Å². The molecule has 6 rings (SSSR count). The zero-order chi connectivity index (χ0) is 27.1. The fourth-order valence-electron chi connectivity index (χ4n) is 4.94. The summed E-state index contributed by atoms with van der Waals surface area (Å²) in [6.45, 7) is 1.54. The number of hydrogen-bond donors (Lipinski definition) is 0. The number of amidine groups is 1. The predicted molar refractivity (Wildman–Crippen MR) is 145 cm³/mol. The summed E-state index contributed by atoms with van der Waals surface area (Å²) in [6, 6.07) is 11.5. The number of carbonyl (C=O) groups is 1. The van der Waals surface area contributed by atoms with Gasteiger partial charge in [0.05, 0.1) is 34.8 Å². The third-order valence-electron chi connectivity index (χ3n) is 6.90. The van der Waals surface area contributed by atoms with Crippen molar-refractivity contribution in [2.24, 2.45) is 4.99 Å². The van der Waals surface area contributed by atoms with Crippen LogP contribution in [0.1, 0.15) is 35.6 Å². The number of likely N-dealkylation sites (tertiary alicyclic amines) is 1. The van der Waals surface area contributed by atoms with Crippen LogP contribution in [0.3, 0.4) is 0 Å². The molecule has 0 bridgehead atoms. The van der Waals surface area contributed by atoms with E-state index in [-0.39, 0.29) is 23.0 Å². The van der Waals surface area contributed by atoms with Crippen LogP contribution < -0.4 is 0 Å². The zero-order valence-corrected chi connectivity index (χ0v) is 22.0. The standard InChI is InChI=1S/C27H22ClF3N6OS/c28-20-4-3-18(22(14-20)27(29,30)31)16-37-23-5-2-17(12-19(23)15-33-37)13-24-25(38)34-26(39-24)35-10-6-21(7-11-35)36-9-1-8-32-36/h1-5,8-9,12-15,21H,6-7,10-11,16H2/b24-13-. The van der Waals surface area contributed by atoms with E-state index >= 15 is 0 Å². The molecule has 2 aromatic heterocycles. The molecule has 0 atom stereocenters. The maximum Gasteiger partial charge on any atom is 0.416 e. The van der Waals surface area contributed by atoms with E-state index in [1.54, 1.807) is 24.5 Å². The normalized spacial score (nSPS) is 17.9. The average Bonchev–Trinajstić information content (AvgIpc) is 3.66. The second-order valence-electron chi connectivity index (χ2n) is 9.43. The van der Waals surface area contributed by atoms with Crippen molar-refractivity contribution in [2.45, 2.75) is 31.6 Å². The van der Waals surface area contributed by atoms with Gasteiger partial charge in [-0.1, -0.05) is 23.7 Å². The molecule has 0 spiro atoms. The van der Waals surface area contributed by atoms with E-state index in [0.29, 0.717) is 21.6 Å². The largest absolute Gasteiger partial charge is 0.416 e. The number of aliphatic imine (C=N–C) groups is 1.